The minimum Gasteiger partial charge on any atom is -0.368 e. The molecular weight excluding hydrogens is 431 g/mol. The number of methoxy groups -OCH3 is 1. The average molecular weight is 447 g/mol. The molecule has 122 valence electrons. The molecule has 1 unspecified atom stereocenters. The molecule has 0 bridgehead atoms. The summed E-state index contributed by atoms with van der Waals surface area (Å²) in [5, 5.41) is 1.16. The monoisotopic (exact) mass is 446 g/mol. The van der Waals surface area contributed by atoms with Crippen molar-refractivity contribution in [2.75, 3.05) is 19.9 Å². The number of nitrogen functional groups attached to an aromatic ring is 1. The zero-order valence-electron chi connectivity index (χ0n) is 12.9. The second-order valence-electron chi connectivity index (χ2n) is 5.29. The van der Waals surface area contributed by atoms with Gasteiger partial charge in [0, 0.05) is 30.1 Å². The van der Waals surface area contributed by atoms with E-state index in [1.165, 1.54) is 0 Å². The van der Waals surface area contributed by atoms with Crippen molar-refractivity contribution in [1.29, 1.82) is 0 Å². The Morgan fingerprint density at radius 1 is 1.43 bits per heavy atom. The molecule has 0 saturated carbocycles. The second-order valence-corrected chi connectivity index (χ2v) is 6.81. The summed E-state index contributed by atoms with van der Waals surface area (Å²) in [5.74, 6) is 1.02. The van der Waals surface area contributed by atoms with Crippen LogP contribution in [0.4, 0.5) is 5.95 Å². The Hall–Kier alpha value is -1.39. The number of anilines is 1. The first kappa shape index (κ1) is 16.5. The molecule has 1 aliphatic heterocycles. The SMILES string of the molecule is COC1C(C)=CN=C(Cn2cc(I)c3c(Cl)nc(N)nc32)N1C. The quantitative estimate of drug-likeness (QED) is 0.579. The lowest BCUT2D eigenvalue weighted by Gasteiger charge is -2.32. The Balaban J connectivity index is 2.03. The van der Waals surface area contributed by atoms with Crippen molar-refractivity contribution in [1.82, 2.24) is 19.4 Å². The predicted molar refractivity (Wildman–Crippen MR) is 99.4 cm³/mol. The molecule has 2 N–H and O–H groups in total. The summed E-state index contributed by atoms with van der Waals surface area (Å²) < 4.78 is 8.45. The molecule has 0 saturated heterocycles. The molecule has 3 rings (SSSR count). The van der Waals surface area contributed by atoms with Gasteiger partial charge in [0.25, 0.3) is 0 Å². The smallest absolute Gasteiger partial charge is 0.223 e. The van der Waals surface area contributed by atoms with Crippen LogP contribution in [0.1, 0.15) is 6.92 Å². The lowest BCUT2D eigenvalue weighted by molar-refractivity contribution is 0.0452. The highest BCUT2D eigenvalue weighted by Gasteiger charge is 2.24. The Labute approximate surface area is 152 Å². The normalized spacial score (nSPS) is 18.3. The van der Waals surface area contributed by atoms with E-state index in [-0.39, 0.29) is 12.2 Å². The van der Waals surface area contributed by atoms with E-state index in [4.69, 9.17) is 22.1 Å². The van der Waals surface area contributed by atoms with Crippen LogP contribution in [0.2, 0.25) is 5.15 Å². The Morgan fingerprint density at radius 3 is 2.87 bits per heavy atom. The number of likely N-dealkylation sites (N-methyl/N-ethyl adjacent to an activating group) is 1. The molecular formula is C14H16ClIN6O. The van der Waals surface area contributed by atoms with Crippen LogP contribution in [0.15, 0.2) is 23.0 Å². The molecule has 7 nitrogen and oxygen atoms in total. The number of fused-ring (bicyclic) bond motifs is 1. The van der Waals surface area contributed by atoms with Gasteiger partial charge in [-0.25, -0.2) is 9.98 Å². The molecule has 0 aliphatic carbocycles. The highest BCUT2D eigenvalue weighted by Crippen LogP contribution is 2.28. The predicted octanol–water partition coefficient (Wildman–Crippen LogP) is 2.49. The van der Waals surface area contributed by atoms with Gasteiger partial charge in [-0.15, -0.1) is 0 Å². The summed E-state index contributed by atoms with van der Waals surface area (Å²) in [4.78, 5) is 14.9. The maximum absolute atomic E-state index is 6.20. The molecule has 1 atom stereocenters. The van der Waals surface area contributed by atoms with Gasteiger partial charge in [-0.3, -0.25) is 0 Å². The van der Waals surface area contributed by atoms with Crippen molar-refractivity contribution in [2.45, 2.75) is 19.7 Å². The van der Waals surface area contributed by atoms with E-state index in [1.54, 1.807) is 7.11 Å². The zero-order chi connectivity index (χ0) is 16.7. The van der Waals surface area contributed by atoms with Gasteiger partial charge in [0.2, 0.25) is 5.95 Å². The van der Waals surface area contributed by atoms with Crippen molar-refractivity contribution in [3.63, 3.8) is 0 Å². The molecule has 2 aromatic heterocycles. The fraction of sp³-hybridized carbons (Fsp3) is 0.357. The lowest BCUT2D eigenvalue weighted by Crippen LogP contribution is -2.42. The van der Waals surface area contributed by atoms with Gasteiger partial charge in [-0.1, -0.05) is 11.6 Å². The van der Waals surface area contributed by atoms with Crippen molar-refractivity contribution in [3.05, 3.63) is 26.7 Å². The lowest BCUT2D eigenvalue weighted by atomic mass is 10.2. The van der Waals surface area contributed by atoms with Crippen LogP contribution >= 0.6 is 34.2 Å². The van der Waals surface area contributed by atoms with Crippen molar-refractivity contribution in [2.24, 2.45) is 4.99 Å². The number of rotatable bonds is 3. The number of nitrogens with zero attached hydrogens (tertiary/aromatic N) is 5. The van der Waals surface area contributed by atoms with Gasteiger partial charge < -0.3 is 19.9 Å². The van der Waals surface area contributed by atoms with Gasteiger partial charge in [-0.2, -0.15) is 4.98 Å². The molecule has 2 aromatic rings. The minimum atomic E-state index is -0.119. The van der Waals surface area contributed by atoms with E-state index in [0.717, 1.165) is 20.4 Å². The summed E-state index contributed by atoms with van der Waals surface area (Å²) in [6, 6.07) is 0. The van der Waals surface area contributed by atoms with Crippen LogP contribution in [0.5, 0.6) is 0 Å². The number of hydrogen-bond acceptors (Lipinski definition) is 6. The van der Waals surface area contributed by atoms with Crippen molar-refractivity contribution < 1.29 is 4.74 Å². The van der Waals surface area contributed by atoms with Gasteiger partial charge >= 0.3 is 0 Å². The first-order valence-corrected chi connectivity index (χ1v) is 8.34. The summed E-state index contributed by atoms with van der Waals surface area (Å²) in [6.07, 6.45) is 3.68. The van der Waals surface area contributed by atoms with E-state index >= 15 is 0 Å². The molecule has 0 fully saturated rings. The van der Waals surface area contributed by atoms with Crippen LogP contribution in [-0.2, 0) is 11.3 Å². The third kappa shape index (κ3) is 2.90. The molecule has 0 radical (unpaired) electrons. The maximum Gasteiger partial charge on any atom is 0.223 e. The Kier molecular flexibility index (Phi) is 4.47. The van der Waals surface area contributed by atoms with Gasteiger partial charge in [0.05, 0.1) is 11.9 Å². The van der Waals surface area contributed by atoms with Crippen LogP contribution in [0.3, 0.4) is 0 Å². The third-order valence-electron chi connectivity index (χ3n) is 3.74. The number of aromatic nitrogens is 3. The number of hydrogen-bond donors (Lipinski definition) is 1. The largest absolute Gasteiger partial charge is 0.368 e. The van der Waals surface area contributed by atoms with Crippen molar-refractivity contribution in [3.8, 4) is 0 Å². The Morgan fingerprint density at radius 2 is 2.17 bits per heavy atom. The summed E-state index contributed by atoms with van der Waals surface area (Å²) in [5.41, 5.74) is 7.49. The summed E-state index contributed by atoms with van der Waals surface area (Å²) in [7, 11) is 3.64. The number of amidine groups is 1. The topological polar surface area (TPSA) is 81.6 Å². The van der Waals surface area contributed by atoms with E-state index < -0.39 is 0 Å². The van der Waals surface area contributed by atoms with Gasteiger partial charge in [0.15, 0.2) is 6.23 Å². The number of nitrogens with two attached hydrogens (primary N) is 1. The maximum atomic E-state index is 6.20. The van der Waals surface area contributed by atoms with E-state index in [1.807, 2.05) is 35.8 Å². The van der Waals surface area contributed by atoms with E-state index in [2.05, 4.69) is 37.6 Å². The molecule has 23 heavy (non-hydrogen) atoms. The molecule has 3 heterocycles. The Bertz CT molecular complexity index is 830. The van der Waals surface area contributed by atoms with Crippen LogP contribution < -0.4 is 5.73 Å². The number of halogens is 2. The summed E-state index contributed by atoms with van der Waals surface area (Å²) >= 11 is 8.41. The van der Waals surface area contributed by atoms with Gasteiger partial charge in [-0.05, 0) is 35.1 Å². The number of aliphatic imine (C=N–C) groups is 1. The second kappa shape index (κ2) is 6.25. The third-order valence-corrected chi connectivity index (χ3v) is 4.84. The van der Waals surface area contributed by atoms with Crippen molar-refractivity contribution >= 4 is 57.0 Å². The first-order chi connectivity index (χ1) is 10.9. The first-order valence-electron chi connectivity index (χ1n) is 6.88. The van der Waals surface area contributed by atoms with E-state index in [0.29, 0.717) is 17.3 Å². The molecule has 9 heteroatoms. The van der Waals surface area contributed by atoms with E-state index in [9.17, 15) is 0 Å². The van der Waals surface area contributed by atoms with Crippen LogP contribution in [0, 0.1) is 3.57 Å². The highest BCUT2D eigenvalue weighted by molar-refractivity contribution is 14.1. The van der Waals surface area contributed by atoms with Gasteiger partial charge in [0.1, 0.15) is 16.6 Å². The fourth-order valence-electron chi connectivity index (χ4n) is 2.66. The molecule has 1 aliphatic rings. The highest BCUT2D eigenvalue weighted by atomic mass is 127. The fourth-order valence-corrected chi connectivity index (χ4v) is 3.92. The summed E-state index contributed by atoms with van der Waals surface area (Å²) in [6.45, 7) is 2.53. The minimum absolute atomic E-state index is 0.119. The zero-order valence-corrected chi connectivity index (χ0v) is 15.8. The average Bonchev–Trinajstić information content (AvgIpc) is 2.79. The standard InChI is InChI=1S/C14H16ClIN6O/c1-7-4-18-9(21(2)13(7)23-3)6-22-5-8(16)10-11(15)19-14(17)20-12(10)22/h4-5,13H,6H2,1-3H3,(H2,17,19,20). The number of ether oxygens (including phenoxy) is 1. The molecule has 0 aromatic carbocycles. The molecule has 0 spiro atoms. The van der Waals surface area contributed by atoms with Crippen LogP contribution in [-0.4, -0.2) is 45.7 Å². The van der Waals surface area contributed by atoms with Crippen LogP contribution in [0.25, 0.3) is 11.0 Å². The molecule has 0 amide bonds.